The van der Waals surface area contributed by atoms with Gasteiger partial charge in [0.2, 0.25) is 5.91 Å². The fraction of sp³-hybridized carbons (Fsp3) is 0.105. The number of amides is 2. The number of anilines is 1. The molecule has 0 radical (unpaired) electrons. The molecule has 1 fully saturated rings. The van der Waals surface area contributed by atoms with Crippen LogP contribution in [0.4, 0.5) is 5.69 Å². The van der Waals surface area contributed by atoms with Crippen molar-refractivity contribution in [2.75, 3.05) is 11.9 Å². The number of thioether (sulfide) groups is 1. The second kappa shape index (κ2) is 8.16. The van der Waals surface area contributed by atoms with Gasteiger partial charge in [0, 0.05) is 10.2 Å². The van der Waals surface area contributed by atoms with Crippen molar-refractivity contribution in [3.05, 3.63) is 69.0 Å². The van der Waals surface area contributed by atoms with Crippen molar-refractivity contribution in [2.45, 2.75) is 6.92 Å². The van der Waals surface area contributed by atoms with Gasteiger partial charge in [-0.3, -0.25) is 14.5 Å². The van der Waals surface area contributed by atoms with Crippen LogP contribution < -0.4 is 5.32 Å². The minimum Gasteiger partial charge on any atom is -0.324 e. The Morgan fingerprint density at radius 3 is 2.77 bits per heavy atom. The van der Waals surface area contributed by atoms with Gasteiger partial charge >= 0.3 is 0 Å². The number of halogens is 1. The topological polar surface area (TPSA) is 49.4 Å². The van der Waals surface area contributed by atoms with Crippen LogP contribution in [0.25, 0.3) is 6.08 Å². The highest BCUT2D eigenvalue weighted by Gasteiger charge is 2.33. The molecule has 1 aliphatic rings. The lowest BCUT2D eigenvalue weighted by Crippen LogP contribution is -2.36. The van der Waals surface area contributed by atoms with Crippen molar-refractivity contribution in [3.63, 3.8) is 0 Å². The second-order valence-electron chi connectivity index (χ2n) is 5.69. The molecule has 1 saturated heterocycles. The third kappa shape index (κ3) is 4.41. The third-order valence-corrected chi connectivity index (χ3v) is 5.61. The van der Waals surface area contributed by atoms with Gasteiger partial charge in [0.25, 0.3) is 5.91 Å². The van der Waals surface area contributed by atoms with Crippen LogP contribution in [0.1, 0.15) is 11.1 Å². The van der Waals surface area contributed by atoms with Gasteiger partial charge < -0.3 is 5.32 Å². The Hall–Kier alpha value is -1.96. The molecule has 0 bridgehead atoms. The van der Waals surface area contributed by atoms with E-state index in [1.807, 2.05) is 55.5 Å². The van der Waals surface area contributed by atoms with Crippen molar-refractivity contribution in [1.29, 1.82) is 0 Å². The maximum Gasteiger partial charge on any atom is 0.266 e. The Morgan fingerprint density at radius 2 is 2.04 bits per heavy atom. The zero-order valence-electron chi connectivity index (χ0n) is 13.9. The molecule has 2 aromatic carbocycles. The Balaban J connectivity index is 1.71. The molecular weight excluding hydrogens is 432 g/mol. The number of hydrogen-bond acceptors (Lipinski definition) is 4. The van der Waals surface area contributed by atoms with Gasteiger partial charge in [-0.15, -0.1) is 0 Å². The summed E-state index contributed by atoms with van der Waals surface area (Å²) < 4.78 is 1.32. The molecule has 3 rings (SSSR count). The number of aryl methyl sites for hydroxylation is 1. The maximum atomic E-state index is 12.6. The Kier molecular flexibility index (Phi) is 5.90. The number of nitrogens with zero attached hydrogens (tertiary/aromatic N) is 1. The van der Waals surface area contributed by atoms with Crippen molar-refractivity contribution in [3.8, 4) is 0 Å². The maximum absolute atomic E-state index is 12.6. The summed E-state index contributed by atoms with van der Waals surface area (Å²) in [6.45, 7) is 1.81. The van der Waals surface area contributed by atoms with Gasteiger partial charge in [-0.2, -0.15) is 0 Å². The predicted molar refractivity (Wildman–Crippen MR) is 114 cm³/mol. The van der Waals surface area contributed by atoms with Gasteiger partial charge in [0.15, 0.2) is 0 Å². The lowest BCUT2D eigenvalue weighted by molar-refractivity contribution is -0.126. The Morgan fingerprint density at radius 1 is 1.27 bits per heavy atom. The molecule has 0 aliphatic carbocycles. The van der Waals surface area contributed by atoms with E-state index in [2.05, 4.69) is 21.2 Å². The highest BCUT2D eigenvalue weighted by molar-refractivity contribution is 9.10. The average molecular weight is 447 g/mol. The largest absolute Gasteiger partial charge is 0.324 e. The van der Waals surface area contributed by atoms with E-state index in [1.165, 1.54) is 16.7 Å². The van der Waals surface area contributed by atoms with E-state index in [9.17, 15) is 9.59 Å². The number of para-hydroxylation sites is 1. The first-order valence-electron chi connectivity index (χ1n) is 7.80. The van der Waals surface area contributed by atoms with Crippen LogP contribution in [-0.4, -0.2) is 27.6 Å². The number of hydrogen-bond donors (Lipinski definition) is 1. The van der Waals surface area contributed by atoms with Gasteiger partial charge in [0.1, 0.15) is 10.9 Å². The van der Waals surface area contributed by atoms with E-state index < -0.39 is 0 Å². The molecular formula is C19H15BrN2O2S2. The number of rotatable bonds is 4. The fourth-order valence-corrected chi connectivity index (χ4v) is 4.10. The fourth-order valence-electron chi connectivity index (χ4n) is 2.43. The van der Waals surface area contributed by atoms with Gasteiger partial charge in [-0.05, 0) is 42.3 Å². The van der Waals surface area contributed by atoms with Crippen LogP contribution in [0.15, 0.2) is 57.9 Å². The molecule has 0 unspecified atom stereocenters. The highest BCUT2D eigenvalue weighted by Crippen LogP contribution is 2.32. The third-order valence-electron chi connectivity index (χ3n) is 3.74. The minimum absolute atomic E-state index is 0.102. The number of nitrogens with one attached hydrogen (secondary N) is 1. The molecule has 2 amide bonds. The molecule has 1 aliphatic heterocycles. The summed E-state index contributed by atoms with van der Waals surface area (Å²) in [7, 11) is 0. The van der Waals surface area contributed by atoms with E-state index in [1.54, 1.807) is 6.08 Å². The van der Waals surface area contributed by atoms with E-state index in [0.29, 0.717) is 9.23 Å². The second-order valence-corrected chi connectivity index (χ2v) is 8.28. The zero-order valence-corrected chi connectivity index (χ0v) is 17.1. The van der Waals surface area contributed by atoms with Crippen LogP contribution in [0.5, 0.6) is 0 Å². The first-order chi connectivity index (χ1) is 12.4. The van der Waals surface area contributed by atoms with E-state index in [4.69, 9.17) is 12.2 Å². The molecule has 0 aromatic heterocycles. The molecule has 1 N–H and O–H groups in total. The Bertz CT molecular complexity index is 927. The van der Waals surface area contributed by atoms with Crippen molar-refractivity contribution in [2.24, 2.45) is 0 Å². The quantitative estimate of drug-likeness (QED) is 0.550. The number of carbonyl (C=O) groups excluding carboxylic acids is 2. The summed E-state index contributed by atoms with van der Waals surface area (Å²) in [5.74, 6) is -0.529. The first-order valence-corrected chi connectivity index (χ1v) is 9.82. The summed E-state index contributed by atoms with van der Waals surface area (Å²) in [5.41, 5.74) is 2.58. The molecule has 0 atom stereocenters. The Labute approximate surface area is 169 Å². The monoisotopic (exact) mass is 446 g/mol. The molecule has 26 heavy (non-hydrogen) atoms. The van der Waals surface area contributed by atoms with Crippen molar-refractivity contribution in [1.82, 2.24) is 4.90 Å². The number of thiocarbonyl (C=S) groups is 1. The SMILES string of the molecule is Cc1ccccc1NC(=O)CN1C(=O)C(=Cc2cccc(Br)c2)SC1=S. The smallest absolute Gasteiger partial charge is 0.266 e. The summed E-state index contributed by atoms with van der Waals surface area (Å²) in [6.07, 6.45) is 1.78. The van der Waals surface area contributed by atoms with Gasteiger partial charge in [-0.25, -0.2) is 0 Å². The summed E-state index contributed by atoms with van der Waals surface area (Å²) in [6, 6.07) is 15.1. The van der Waals surface area contributed by atoms with E-state index in [0.717, 1.165) is 21.3 Å². The van der Waals surface area contributed by atoms with Crippen LogP contribution in [-0.2, 0) is 9.59 Å². The molecule has 4 nitrogen and oxygen atoms in total. The molecule has 0 saturated carbocycles. The standard InChI is InChI=1S/C19H15BrN2O2S2/c1-12-5-2-3-8-15(12)21-17(23)11-22-18(24)16(26-19(22)25)10-13-6-4-7-14(20)9-13/h2-10H,11H2,1H3,(H,21,23). The average Bonchev–Trinajstić information content (AvgIpc) is 2.84. The van der Waals surface area contributed by atoms with Crippen molar-refractivity contribution >= 4 is 67.8 Å². The molecule has 7 heteroatoms. The van der Waals surface area contributed by atoms with Crippen LogP contribution in [0.2, 0.25) is 0 Å². The van der Waals surface area contributed by atoms with Gasteiger partial charge in [0.05, 0.1) is 4.91 Å². The normalized spacial score (nSPS) is 15.6. The van der Waals surface area contributed by atoms with Crippen LogP contribution >= 0.6 is 39.9 Å². The summed E-state index contributed by atoms with van der Waals surface area (Å²) in [4.78, 5) is 26.8. The number of benzene rings is 2. The molecule has 132 valence electrons. The summed E-state index contributed by atoms with van der Waals surface area (Å²) in [5, 5.41) is 2.82. The highest BCUT2D eigenvalue weighted by atomic mass is 79.9. The summed E-state index contributed by atoms with van der Waals surface area (Å²) >= 11 is 9.90. The minimum atomic E-state index is -0.278. The first kappa shape index (κ1) is 18.8. The van der Waals surface area contributed by atoms with Gasteiger partial charge in [-0.1, -0.05) is 70.2 Å². The predicted octanol–water partition coefficient (Wildman–Crippen LogP) is 4.60. The van der Waals surface area contributed by atoms with Crippen molar-refractivity contribution < 1.29 is 9.59 Å². The van der Waals surface area contributed by atoms with Crippen LogP contribution in [0.3, 0.4) is 0 Å². The van der Waals surface area contributed by atoms with Crippen LogP contribution in [0, 0.1) is 6.92 Å². The zero-order chi connectivity index (χ0) is 18.7. The van der Waals surface area contributed by atoms with E-state index in [-0.39, 0.29) is 18.4 Å². The lowest BCUT2D eigenvalue weighted by Gasteiger charge is -2.15. The van der Waals surface area contributed by atoms with E-state index >= 15 is 0 Å². The molecule has 2 aromatic rings. The lowest BCUT2D eigenvalue weighted by atomic mass is 10.2. The molecule has 0 spiro atoms. The molecule has 1 heterocycles. The number of carbonyl (C=O) groups is 2.